The Bertz CT molecular complexity index is 465. The van der Waals surface area contributed by atoms with Gasteiger partial charge in [-0.25, -0.2) is 0 Å². The first kappa shape index (κ1) is 14.1. The molecule has 0 aliphatic carbocycles. The minimum Gasteiger partial charge on any atom is -0.381 e. The van der Waals surface area contributed by atoms with Crippen LogP contribution in [0.4, 0.5) is 5.69 Å². The standard InChI is InChI=1S/C14H17BrClNOS/c15-10-1-2-13(12(16)7-10)17-11-3-5-18-14(8-11)4-6-19-9-14/h1-2,7,11,17H,3-6,8-9H2. The van der Waals surface area contributed by atoms with Crippen molar-refractivity contribution in [1.29, 1.82) is 0 Å². The summed E-state index contributed by atoms with van der Waals surface area (Å²) >= 11 is 11.7. The summed E-state index contributed by atoms with van der Waals surface area (Å²) in [6.45, 7) is 0.854. The number of benzene rings is 1. The third kappa shape index (κ3) is 3.23. The van der Waals surface area contributed by atoms with Gasteiger partial charge in [-0.05, 0) is 43.2 Å². The van der Waals surface area contributed by atoms with Crippen LogP contribution in [-0.4, -0.2) is 29.8 Å². The van der Waals surface area contributed by atoms with E-state index < -0.39 is 0 Å². The Labute approximate surface area is 131 Å². The Morgan fingerprint density at radius 1 is 1.47 bits per heavy atom. The molecule has 1 N–H and O–H groups in total. The van der Waals surface area contributed by atoms with Crippen molar-refractivity contribution in [1.82, 2.24) is 0 Å². The van der Waals surface area contributed by atoms with E-state index in [1.807, 2.05) is 30.0 Å². The van der Waals surface area contributed by atoms with Crippen LogP contribution < -0.4 is 5.32 Å². The van der Waals surface area contributed by atoms with E-state index in [0.717, 1.165) is 40.4 Å². The van der Waals surface area contributed by atoms with Crippen molar-refractivity contribution in [2.24, 2.45) is 0 Å². The van der Waals surface area contributed by atoms with Crippen molar-refractivity contribution in [3.8, 4) is 0 Å². The summed E-state index contributed by atoms with van der Waals surface area (Å²) in [7, 11) is 0. The third-order valence-electron chi connectivity index (χ3n) is 3.85. The molecule has 1 aromatic rings. The summed E-state index contributed by atoms with van der Waals surface area (Å²) in [5.41, 5.74) is 1.14. The second-order valence-electron chi connectivity index (χ2n) is 5.29. The summed E-state index contributed by atoms with van der Waals surface area (Å²) in [6.07, 6.45) is 3.33. The number of nitrogens with one attached hydrogen (secondary N) is 1. The van der Waals surface area contributed by atoms with Gasteiger partial charge in [0.25, 0.3) is 0 Å². The lowest BCUT2D eigenvalue weighted by Crippen LogP contribution is -2.44. The van der Waals surface area contributed by atoms with E-state index in [-0.39, 0.29) is 5.60 Å². The molecule has 0 radical (unpaired) electrons. The second kappa shape index (κ2) is 5.84. The molecule has 0 bridgehead atoms. The normalized spacial score (nSPS) is 30.7. The van der Waals surface area contributed by atoms with Crippen LogP contribution in [0.15, 0.2) is 22.7 Å². The largest absolute Gasteiger partial charge is 0.381 e. The maximum Gasteiger partial charge on any atom is 0.0799 e. The molecule has 3 rings (SSSR count). The first-order valence-electron chi connectivity index (χ1n) is 6.60. The van der Waals surface area contributed by atoms with Crippen LogP contribution >= 0.6 is 39.3 Å². The van der Waals surface area contributed by atoms with Gasteiger partial charge in [0.1, 0.15) is 0 Å². The Hall–Kier alpha value is 0.1000. The van der Waals surface area contributed by atoms with Gasteiger partial charge in [-0.15, -0.1) is 0 Å². The van der Waals surface area contributed by atoms with E-state index in [9.17, 15) is 0 Å². The topological polar surface area (TPSA) is 21.3 Å². The van der Waals surface area contributed by atoms with Gasteiger partial charge in [0.15, 0.2) is 0 Å². The lowest BCUT2D eigenvalue weighted by molar-refractivity contribution is -0.0628. The highest BCUT2D eigenvalue weighted by Crippen LogP contribution is 2.39. The highest BCUT2D eigenvalue weighted by molar-refractivity contribution is 9.10. The van der Waals surface area contributed by atoms with Gasteiger partial charge in [0.2, 0.25) is 0 Å². The molecule has 0 amide bonds. The summed E-state index contributed by atoms with van der Waals surface area (Å²) < 4.78 is 7.06. The van der Waals surface area contributed by atoms with Crippen LogP contribution in [-0.2, 0) is 4.74 Å². The lowest BCUT2D eigenvalue weighted by Gasteiger charge is -2.38. The van der Waals surface area contributed by atoms with Gasteiger partial charge < -0.3 is 10.1 Å². The monoisotopic (exact) mass is 361 g/mol. The van der Waals surface area contributed by atoms with Crippen molar-refractivity contribution in [2.45, 2.75) is 30.9 Å². The molecular weight excluding hydrogens is 346 g/mol. The molecule has 2 fully saturated rings. The van der Waals surface area contributed by atoms with Gasteiger partial charge in [-0.1, -0.05) is 27.5 Å². The molecule has 2 aliphatic rings. The van der Waals surface area contributed by atoms with E-state index in [1.54, 1.807) is 0 Å². The summed E-state index contributed by atoms with van der Waals surface area (Å²) in [6, 6.07) is 6.46. The number of rotatable bonds is 2. The SMILES string of the molecule is Clc1cc(Br)ccc1NC1CCOC2(CCSC2)C1. The van der Waals surface area contributed by atoms with Crippen LogP contribution in [0.1, 0.15) is 19.3 Å². The molecule has 5 heteroatoms. The first-order valence-corrected chi connectivity index (χ1v) is 8.93. The fourth-order valence-corrected chi connectivity index (χ4v) is 4.95. The molecule has 1 spiro atoms. The predicted octanol–water partition coefficient (Wildman–Crippen LogP) is 4.57. The molecule has 2 heterocycles. The third-order valence-corrected chi connectivity index (χ3v) is 5.88. The minimum atomic E-state index is 0.114. The maximum absolute atomic E-state index is 6.27. The summed E-state index contributed by atoms with van der Waals surface area (Å²) in [5, 5.41) is 4.36. The van der Waals surface area contributed by atoms with Gasteiger partial charge in [0, 0.05) is 22.9 Å². The molecule has 1 aromatic carbocycles. The van der Waals surface area contributed by atoms with E-state index in [0.29, 0.717) is 6.04 Å². The van der Waals surface area contributed by atoms with Gasteiger partial charge >= 0.3 is 0 Å². The van der Waals surface area contributed by atoms with Crippen LogP contribution in [0, 0.1) is 0 Å². The number of hydrogen-bond acceptors (Lipinski definition) is 3. The van der Waals surface area contributed by atoms with Crippen molar-refractivity contribution in [2.75, 3.05) is 23.4 Å². The van der Waals surface area contributed by atoms with Crippen molar-refractivity contribution in [3.63, 3.8) is 0 Å². The maximum atomic E-state index is 6.27. The van der Waals surface area contributed by atoms with Gasteiger partial charge in [-0.2, -0.15) is 11.8 Å². The molecule has 2 saturated heterocycles. The van der Waals surface area contributed by atoms with E-state index >= 15 is 0 Å². The first-order chi connectivity index (χ1) is 9.17. The number of hydrogen-bond donors (Lipinski definition) is 1. The fraction of sp³-hybridized carbons (Fsp3) is 0.571. The van der Waals surface area contributed by atoms with Crippen molar-refractivity contribution < 1.29 is 4.74 Å². The highest BCUT2D eigenvalue weighted by atomic mass is 79.9. The molecule has 0 aromatic heterocycles. The number of thioether (sulfide) groups is 1. The molecule has 2 nitrogen and oxygen atoms in total. The molecule has 2 aliphatic heterocycles. The zero-order chi connectivity index (χ0) is 13.3. The zero-order valence-electron chi connectivity index (χ0n) is 10.6. The Kier molecular flexibility index (Phi) is 4.32. The molecule has 2 atom stereocenters. The van der Waals surface area contributed by atoms with Crippen LogP contribution in [0.5, 0.6) is 0 Å². The van der Waals surface area contributed by atoms with E-state index in [2.05, 4.69) is 21.2 Å². The Morgan fingerprint density at radius 3 is 3.11 bits per heavy atom. The van der Waals surface area contributed by atoms with Crippen LogP contribution in [0.25, 0.3) is 0 Å². The Balaban J connectivity index is 1.69. The van der Waals surface area contributed by atoms with E-state index in [1.165, 1.54) is 12.2 Å². The minimum absolute atomic E-state index is 0.114. The number of anilines is 1. The van der Waals surface area contributed by atoms with Crippen molar-refractivity contribution in [3.05, 3.63) is 27.7 Å². The number of ether oxygens (including phenoxy) is 1. The van der Waals surface area contributed by atoms with E-state index in [4.69, 9.17) is 16.3 Å². The predicted molar refractivity (Wildman–Crippen MR) is 86.4 cm³/mol. The van der Waals surface area contributed by atoms with Gasteiger partial charge in [-0.3, -0.25) is 0 Å². The quantitative estimate of drug-likeness (QED) is 0.832. The van der Waals surface area contributed by atoms with Crippen LogP contribution in [0.2, 0.25) is 5.02 Å². The molecule has 2 unspecified atom stereocenters. The molecule has 19 heavy (non-hydrogen) atoms. The fourth-order valence-electron chi connectivity index (χ4n) is 2.84. The average molecular weight is 363 g/mol. The highest BCUT2D eigenvalue weighted by Gasteiger charge is 2.40. The molecule has 104 valence electrons. The molecular formula is C14H17BrClNOS. The van der Waals surface area contributed by atoms with Crippen LogP contribution in [0.3, 0.4) is 0 Å². The number of halogens is 2. The Morgan fingerprint density at radius 2 is 2.37 bits per heavy atom. The smallest absolute Gasteiger partial charge is 0.0799 e. The zero-order valence-corrected chi connectivity index (χ0v) is 13.8. The van der Waals surface area contributed by atoms with Crippen molar-refractivity contribution >= 4 is 45.0 Å². The summed E-state index contributed by atoms with van der Waals surface area (Å²) in [5.74, 6) is 2.37. The molecule has 0 saturated carbocycles. The van der Waals surface area contributed by atoms with Gasteiger partial charge in [0.05, 0.1) is 16.3 Å². The second-order valence-corrected chi connectivity index (χ2v) is 7.72. The summed E-state index contributed by atoms with van der Waals surface area (Å²) in [4.78, 5) is 0. The lowest BCUT2D eigenvalue weighted by atomic mass is 9.90. The average Bonchev–Trinajstić information content (AvgIpc) is 2.81.